The number of halogens is 3. The Labute approximate surface area is 213 Å². The highest BCUT2D eigenvalue weighted by Gasteiger charge is 2.15. The van der Waals surface area contributed by atoms with Gasteiger partial charge in [-0.2, -0.15) is 0 Å². The van der Waals surface area contributed by atoms with Crippen molar-refractivity contribution >= 4 is 57.3 Å². The SMILES string of the molecule is CCn1c(COc2ccc(F)c(Cl)c2)nnc1SCC(=O)Nc1nc(-c2ccc(Cl)cc2)cs1. The van der Waals surface area contributed by atoms with Gasteiger partial charge in [0.25, 0.3) is 0 Å². The molecule has 1 N–H and O–H groups in total. The number of carbonyl (C=O) groups is 1. The van der Waals surface area contributed by atoms with Gasteiger partial charge in [0.05, 0.1) is 16.5 Å². The van der Waals surface area contributed by atoms with Gasteiger partial charge in [0.1, 0.15) is 18.2 Å². The van der Waals surface area contributed by atoms with Crippen LogP contribution in [0.5, 0.6) is 5.75 Å². The van der Waals surface area contributed by atoms with Crippen LogP contribution in [0.3, 0.4) is 0 Å². The predicted octanol–water partition coefficient (Wildman–Crippen LogP) is 6.18. The molecule has 2 aromatic heterocycles. The lowest BCUT2D eigenvalue weighted by atomic mass is 10.2. The lowest BCUT2D eigenvalue weighted by Crippen LogP contribution is -2.14. The van der Waals surface area contributed by atoms with Gasteiger partial charge in [0.2, 0.25) is 5.91 Å². The summed E-state index contributed by atoms with van der Waals surface area (Å²) in [5.74, 6) is 0.432. The fourth-order valence-corrected chi connectivity index (χ4v) is 4.79. The Hall–Kier alpha value is -2.66. The molecule has 2 aromatic carbocycles. The van der Waals surface area contributed by atoms with E-state index in [9.17, 15) is 9.18 Å². The molecule has 0 aliphatic rings. The van der Waals surface area contributed by atoms with Crippen LogP contribution in [0.1, 0.15) is 12.7 Å². The summed E-state index contributed by atoms with van der Waals surface area (Å²) in [6, 6.07) is 11.5. The number of nitrogens with one attached hydrogen (secondary N) is 1. The van der Waals surface area contributed by atoms with E-state index < -0.39 is 5.82 Å². The highest BCUT2D eigenvalue weighted by Crippen LogP contribution is 2.27. The Balaban J connectivity index is 1.32. The second-order valence-corrected chi connectivity index (χ2v) is 9.53. The Morgan fingerprint density at radius 2 is 2.00 bits per heavy atom. The van der Waals surface area contributed by atoms with Crippen molar-refractivity contribution in [1.82, 2.24) is 19.7 Å². The molecule has 0 aliphatic heterocycles. The zero-order valence-electron chi connectivity index (χ0n) is 17.8. The number of benzene rings is 2. The number of nitrogens with zero attached hydrogens (tertiary/aromatic N) is 4. The number of thioether (sulfide) groups is 1. The van der Waals surface area contributed by atoms with E-state index in [2.05, 4.69) is 20.5 Å². The first-order chi connectivity index (χ1) is 16.4. The summed E-state index contributed by atoms with van der Waals surface area (Å²) in [4.78, 5) is 16.9. The smallest absolute Gasteiger partial charge is 0.236 e. The molecule has 0 saturated heterocycles. The molecule has 34 heavy (non-hydrogen) atoms. The van der Waals surface area contributed by atoms with Gasteiger partial charge in [-0.25, -0.2) is 9.37 Å². The van der Waals surface area contributed by atoms with Gasteiger partial charge in [0, 0.05) is 28.6 Å². The molecule has 0 spiro atoms. The molecule has 4 aromatic rings. The summed E-state index contributed by atoms with van der Waals surface area (Å²) in [6.07, 6.45) is 0. The fourth-order valence-electron chi connectivity index (χ4n) is 2.93. The van der Waals surface area contributed by atoms with Gasteiger partial charge in [-0.05, 0) is 31.2 Å². The number of hydrogen-bond donors (Lipinski definition) is 1. The number of amides is 1. The van der Waals surface area contributed by atoms with Crippen molar-refractivity contribution in [2.45, 2.75) is 25.2 Å². The standard InChI is InChI=1S/C22H18Cl2FN5O2S2/c1-2-30-19(10-32-15-7-8-17(25)16(24)9-15)28-29-22(30)34-12-20(31)27-21-26-18(11-33-21)13-3-5-14(23)6-4-13/h3-9,11H,2,10,12H2,1H3,(H,26,27,31). The van der Waals surface area contributed by atoms with Crippen molar-refractivity contribution in [3.63, 3.8) is 0 Å². The Bertz CT molecular complexity index is 1300. The van der Waals surface area contributed by atoms with Crippen LogP contribution in [0.15, 0.2) is 53.0 Å². The van der Waals surface area contributed by atoms with Crippen LogP contribution in [0, 0.1) is 5.82 Å². The first kappa shape index (κ1) is 24.5. The van der Waals surface area contributed by atoms with Crippen LogP contribution in [-0.4, -0.2) is 31.4 Å². The number of rotatable bonds is 9. The summed E-state index contributed by atoms with van der Waals surface area (Å²) >= 11 is 14.3. The van der Waals surface area contributed by atoms with Crippen molar-refractivity contribution in [3.05, 3.63) is 69.5 Å². The quantitative estimate of drug-likeness (QED) is 0.257. The molecule has 7 nitrogen and oxygen atoms in total. The number of thiazole rings is 1. The van der Waals surface area contributed by atoms with Gasteiger partial charge in [-0.1, -0.05) is 47.1 Å². The predicted molar refractivity (Wildman–Crippen MR) is 133 cm³/mol. The van der Waals surface area contributed by atoms with Crippen LogP contribution in [0.4, 0.5) is 9.52 Å². The number of hydrogen-bond acceptors (Lipinski definition) is 7. The first-order valence-corrected chi connectivity index (χ1v) is 12.7. The minimum absolute atomic E-state index is 0.0165. The number of anilines is 1. The molecule has 12 heteroatoms. The summed E-state index contributed by atoms with van der Waals surface area (Å²) < 4.78 is 20.8. The number of ether oxygens (including phenoxy) is 1. The highest BCUT2D eigenvalue weighted by atomic mass is 35.5. The minimum Gasteiger partial charge on any atom is -0.486 e. The molecule has 0 unspecified atom stereocenters. The van der Waals surface area contributed by atoms with E-state index in [1.54, 1.807) is 12.1 Å². The first-order valence-electron chi connectivity index (χ1n) is 10.1. The van der Waals surface area contributed by atoms with E-state index in [0.717, 1.165) is 11.3 Å². The van der Waals surface area contributed by atoms with Crippen molar-refractivity contribution in [2.24, 2.45) is 0 Å². The lowest BCUT2D eigenvalue weighted by Gasteiger charge is -2.09. The Kier molecular flexibility index (Phi) is 8.04. The summed E-state index contributed by atoms with van der Waals surface area (Å²) in [6.45, 7) is 2.67. The molecule has 0 bridgehead atoms. The largest absolute Gasteiger partial charge is 0.486 e. The van der Waals surface area contributed by atoms with E-state index in [1.165, 1.54) is 41.3 Å². The molecule has 2 heterocycles. The average molecular weight is 538 g/mol. The van der Waals surface area contributed by atoms with Gasteiger partial charge < -0.3 is 14.6 Å². The van der Waals surface area contributed by atoms with Crippen molar-refractivity contribution < 1.29 is 13.9 Å². The van der Waals surface area contributed by atoms with Gasteiger partial charge in [-0.15, -0.1) is 21.5 Å². The highest BCUT2D eigenvalue weighted by molar-refractivity contribution is 7.99. The zero-order valence-corrected chi connectivity index (χ0v) is 20.9. The monoisotopic (exact) mass is 537 g/mol. The second kappa shape index (κ2) is 11.2. The van der Waals surface area contributed by atoms with E-state index in [1.807, 2.05) is 29.0 Å². The fraction of sp³-hybridized carbons (Fsp3) is 0.182. The van der Waals surface area contributed by atoms with E-state index in [4.69, 9.17) is 27.9 Å². The molecule has 0 radical (unpaired) electrons. The second-order valence-electron chi connectivity index (χ2n) is 6.89. The summed E-state index contributed by atoms with van der Waals surface area (Å²) in [5, 5.41) is 14.7. The topological polar surface area (TPSA) is 81.9 Å². The van der Waals surface area contributed by atoms with Crippen LogP contribution >= 0.6 is 46.3 Å². The van der Waals surface area contributed by atoms with Crippen LogP contribution in [-0.2, 0) is 17.9 Å². The normalized spacial score (nSPS) is 10.9. The van der Waals surface area contributed by atoms with E-state index >= 15 is 0 Å². The van der Waals surface area contributed by atoms with Gasteiger partial charge in [-0.3, -0.25) is 4.79 Å². The van der Waals surface area contributed by atoms with Gasteiger partial charge in [0.15, 0.2) is 16.1 Å². The number of carbonyl (C=O) groups excluding carboxylic acids is 1. The van der Waals surface area contributed by atoms with Crippen LogP contribution < -0.4 is 10.1 Å². The number of aromatic nitrogens is 4. The average Bonchev–Trinajstić information content (AvgIpc) is 3.45. The zero-order chi connectivity index (χ0) is 24.1. The molecule has 0 saturated carbocycles. The maximum absolute atomic E-state index is 13.3. The molecule has 0 fully saturated rings. The Morgan fingerprint density at radius 1 is 1.21 bits per heavy atom. The van der Waals surface area contributed by atoms with E-state index in [0.29, 0.717) is 33.4 Å². The molecule has 0 atom stereocenters. The van der Waals surface area contributed by atoms with Crippen molar-refractivity contribution in [2.75, 3.05) is 11.1 Å². The molecule has 0 aliphatic carbocycles. The molecular weight excluding hydrogens is 520 g/mol. The summed E-state index contributed by atoms with van der Waals surface area (Å²) in [7, 11) is 0. The molecule has 4 rings (SSSR count). The Morgan fingerprint density at radius 3 is 2.74 bits per heavy atom. The molecule has 1 amide bonds. The van der Waals surface area contributed by atoms with Crippen LogP contribution in [0.25, 0.3) is 11.3 Å². The third-order valence-corrected chi connectivity index (χ3v) is 6.86. The minimum atomic E-state index is -0.512. The van der Waals surface area contributed by atoms with Crippen molar-refractivity contribution in [3.8, 4) is 17.0 Å². The van der Waals surface area contributed by atoms with E-state index in [-0.39, 0.29) is 23.3 Å². The maximum atomic E-state index is 13.3. The lowest BCUT2D eigenvalue weighted by molar-refractivity contribution is -0.113. The summed E-state index contributed by atoms with van der Waals surface area (Å²) in [5.41, 5.74) is 1.69. The van der Waals surface area contributed by atoms with Crippen LogP contribution in [0.2, 0.25) is 10.0 Å². The van der Waals surface area contributed by atoms with Crippen molar-refractivity contribution in [1.29, 1.82) is 0 Å². The molecule has 176 valence electrons. The van der Waals surface area contributed by atoms with Gasteiger partial charge >= 0.3 is 0 Å². The third kappa shape index (κ3) is 6.06. The molecular formula is C22H18Cl2FN5O2S2. The third-order valence-electron chi connectivity index (χ3n) is 4.59. The maximum Gasteiger partial charge on any atom is 0.236 e.